The highest BCUT2D eigenvalue weighted by atomic mass is 16.6. The molecule has 1 aliphatic heterocycles. The van der Waals surface area contributed by atoms with E-state index in [9.17, 15) is 10.1 Å². The number of aromatic nitrogens is 1. The molecule has 1 saturated heterocycles. The average Bonchev–Trinajstić information content (AvgIpc) is 2.45. The Morgan fingerprint density at radius 2 is 2.18 bits per heavy atom. The highest BCUT2D eigenvalue weighted by Crippen LogP contribution is 2.21. The maximum atomic E-state index is 12.2. The molecule has 0 spiro atoms. The van der Waals surface area contributed by atoms with Crippen molar-refractivity contribution in [2.45, 2.75) is 39.3 Å². The largest absolute Gasteiger partial charge is 0.444 e. The van der Waals surface area contributed by atoms with Crippen LogP contribution in [0.2, 0.25) is 0 Å². The molecule has 0 bridgehead atoms. The minimum absolute atomic E-state index is 0.00264. The molecular formula is C16H22N4O2. The first-order chi connectivity index (χ1) is 10.3. The van der Waals surface area contributed by atoms with Crippen LogP contribution in [0.15, 0.2) is 18.3 Å². The molecule has 1 aromatic heterocycles. The summed E-state index contributed by atoms with van der Waals surface area (Å²) < 4.78 is 5.43. The van der Waals surface area contributed by atoms with Crippen LogP contribution in [0.25, 0.3) is 0 Å². The lowest BCUT2D eigenvalue weighted by atomic mass is 10.1. The summed E-state index contributed by atoms with van der Waals surface area (Å²) in [4.78, 5) is 20.3. The van der Waals surface area contributed by atoms with Crippen molar-refractivity contribution in [3.63, 3.8) is 0 Å². The molecular weight excluding hydrogens is 280 g/mol. The number of amides is 1. The minimum atomic E-state index is -0.497. The van der Waals surface area contributed by atoms with E-state index in [1.807, 2.05) is 32.6 Å². The number of ether oxygens (including phenoxy) is 1. The number of carbonyl (C=O) groups is 1. The molecule has 0 aliphatic carbocycles. The molecule has 1 atom stereocenters. The Hall–Kier alpha value is -2.29. The summed E-state index contributed by atoms with van der Waals surface area (Å²) in [6.07, 6.45) is 1.39. The van der Waals surface area contributed by atoms with Crippen molar-refractivity contribution in [2.24, 2.45) is 0 Å². The molecule has 0 radical (unpaired) electrons. The van der Waals surface area contributed by atoms with Crippen molar-refractivity contribution < 1.29 is 9.53 Å². The first-order valence-corrected chi connectivity index (χ1v) is 7.41. The summed E-state index contributed by atoms with van der Waals surface area (Å²) in [7, 11) is 0. The summed E-state index contributed by atoms with van der Waals surface area (Å²) in [6.45, 7) is 9.37. The molecule has 6 heteroatoms. The van der Waals surface area contributed by atoms with Crippen molar-refractivity contribution in [3.8, 4) is 6.07 Å². The lowest BCUT2D eigenvalue weighted by molar-refractivity contribution is 0.0158. The van der Waals surface area contributed by atoms with Gasteiger partial charge in [0.05, 0.1) is 5.56 Å². The van der Waals surface area contributed by atoms with Crippen molar-refractivity contribution in [2.75, 3.05) is 24.5 Å². The van der Waals surface area contributed by atoms with Crippen LogP contribution in [0.4, 0.5) is 10.6 Å². The standard InChI is InChI=1S/C16H22N4O2/c1-12-11-19(14-13(10-17)6-5-7-18-14)8-9-20(12)15(21)22-16(2,3)4/h5-7,12H,8-9,11H2,1-4H3/t12-/m0/s1. The molecule has 1 aromatic rings. The second-order valence-corrected chi connectivity index (χ2v) is 6.46. The molecule has 22 heavy (non-hydrogen) atoms. The number of hydrogen-bond donors (Lipinski definition) is 0. The van der Waals surface area contributed by atoms with Crippen LogP contribution in [-0.4, -0.2) is 47.3 Å². The number of rotatable bonds is 1. The lowest BCUT2D eigenvalue weighted by Gasteiger charge is -2.40. The lowest BCUT2D eigenvalue weighted by Crippen LogP contribution is -2.55. The van der Waals surface area contributed by atoms with Crippen LogP contribution in [0.1, 0.15) is 33.3 Å². The Balaban J connectivity index is 2.07. The van der Waals surface area contributed by atoms with Crippen LogP contribution >= 0.6 is 0 Å². The molecule has 118 valence electrons. The number of piperazine rings is 1. The van der Waals surface area contributed by atoms with E-state index in [-0.39, 0.29) is 12.1 Å². The van der Waals surface area contributed by atoms with Crippen LogP contribution in [0, 0.1) is 11.3 Å². The van der Waals surface area contributed by atoms with E-state index < -0.39 is 5.60 Å². The van der Waals surface area contributed by atoms with E-state index in [2.05, 4.69) is 11.1 Å². The van der Waals surface area contributed by atoms with Gasteiger partial charge in [0.15, 0.2) is 0 Å². The molecule has 1 amide bonds. The van der Waals surface area contributed by atoms with Gasteiger partial charge in [0.1, 0.15) is 17.5 Å². The zero-order valence-corrected chi connectivity index (χ0v) is 13.5. The van der Waals surface area contributed by atoms with Gasteiger partial charge in [-0.25, -0.2) is 9.78 Å². The fourth-order valence-corrected chi connectivity index (χ4v) is 2.48. The highest BCUT2D eigenvalue weighted by Gasteiger charge is 2.31. The molecule has 6 nitrogen and oxygen atoms in total. The van der Waals surface area contributed by atoms with Crippen molar-refractivity contribution >= 4 is 11.9 Å². The fourth-order valence-electron chi connectivity index (χ4n) is 2.48. The topological polar surface area (TPSA) is 69.5 Å². The van der Waals surface area contributed by atoms with Crippen molar-refractivity contribution in [3.05, 3.63) is 23.9 Å². The van der Waals surface area contributed by atoms with E-state index in [1.54, 1.807) is 23.2 Å². The van der Waals surface area contributed by atoms with Crippen molar-refractivity contribution in [1.29, 1.82) is 5.26 Å². The summed E-state index contributed by atoms with van der Waals surface area (Å²) in [6, 6.07) is 5.67. The van der Waals surface area contributed by atoms with Gasteiger partial charge >= 0.3 is 6.09 Å². The van der Waals surface area contributed by atoms with Gasteiger partial charge in [-0.1, -0.05) is 0 Å². The summed E-state index contributed by atoms with van der Waals surface area (Å²) >= 11 is 0. The smallest absolute Gasteiger partial charge is 0.410 e. The van der Waals surface area contributed by atoms with Gasteiger partial charge < -0.3 is 14.5 Å². The zero-order valence-electron chi connectivity index (χ0n) is 13.5. The van der Waals surface area contributed by atoms with E-state index in [4.69, 9.17) is 4.74 Å². The number of hydrogen-bond acceptors (Lipinski definition) is 5. The molecule has 0 unspecified atom stereocenters. The molecule has 2 heterocycles. The van der Waals surface area contributed by atoms with Crippen LogP contribution in [0.3, 0.4) is 0 Å². The predicted molar refractivity (Wildman–Crippen MR) is 83.6 cm³/mol. The molecule has 1 aliphatic rings. The second kappa shape index (κ2) is 6.22. The SMILES string of the molecule is C[C@H]1CN(c2ncccc2C#N)CCN1C(=O)OC(C)(C)C. The number of nitriles is 1. The van der Waals surface area contributed by atoms with Crippen LogP contribution in [-0.2, 0) is 4.74 Å². The quantitative estimate of drug-likeness (QED) is 0.796. The third-order valence-corrected chi connectivity index (χ3v) is 3.46. The van der Waals surface area contributed by atoms with E-state index in [0.29, 0.717) is 31.0 Å². The Kier molecular flexibility index (Phi) is 4.55. The van der Waals surface area contributed by atoms with Gasteiger partial charge in [0.2, 0.25) is 0 Å². The summed E-state index contributed by atoms with van der Waals surface area (Å²) in [5.41, 5.74) is 0.0588. The van der Waals surface area contributed by atoms with Gasteiger partial charge in [-0.2, -0.15) is 5.26 Å². The van der Waals surface area contributed by atoms with Crippen molar-refractivity contribution in [1.82, 2.24) is 9.88 Å². The predicted octanol–water partition coefficient (Wildman–Crippen LogP) is 2.40. The Morgan fingerprint density at radius 3 is 2.77 bits per heavy atom. The van der Waals surface area contributed by atoms with E-state index in [1.165, 1.54) is 0 Å². The Morgan fingerprint density at radius 1 is 1.45 bits per heavy atom. The van der Waals surface area contributed by atoms with Gasteiger partial charge in [0, 0.05) is 31.9 Å². The first kappa shape index (κ1) is 16.1. The third-order valence-electron chi connectivity index (χ3n) is 3.46. The minimum Gasteiger partial charge on any atom is -0.444 e. The normalized spacial score (nSPS) is 18.8. The second-order valence-electron chi connectivity index (χ2n) is 6.46. The number of nitrogens with zero attached hydrogens (tertiary/aromatic N) is 4. The Labute approximate surface area is 131 Å². The maximum absolute atomic E-state index is 12.2. The Bertz CT molecular complexity index is 589. The average molecular weight is 302 g/mol. The number of carbonyl (C=O) groups excluding carboxylic acids is 1. The molecule has 0 N–H and O–H groups in total. The molecule has 0 aromatic carbocycles. The van der Waals surface area contributed by atoms with E-state index in [0.717, 1.165) is 0 Å². The van der Waals surface area contributed by atoms with Gasteiger partial charge in [0.25, 0.3) is 0 Å². The molecule has 0 saturated carbocycles. The fraction of sp³-hybridized carbons (Fsp3) is 0.562. The van der Waals surface area contributed by atoms with Gasteiger partial charge in [-0.15, -0.1) is 0 Å². The maximum Gasteiger partial charge on any atom is 0.410 e. The monoisotopic (exact) mass is 302 g/mol. The van der Waals surface area contributed by atoms with Crippen LogP contribution < -0.4 is 4.90 Å². The highest BCUT2D eigenvalue weighted by molar-refractivity contribution is 5.69. The van der Waals surface area contributed by atoms with Crippen LogP contribution in [0.5, 0.6) is 0 Å². The van der Waals surface area contributed by atoms with Gasteiger partial charge in [-0.05, 0) is 39.8 Å². The third kappa shape index (κ3) is 3.67. The number of anilines is 1. The number of pyridine rings is 1. The zero-order chi connectivity index (χ0) is 16.3. The van der Waals surface area contributed by atoms with E-state index >= 15 is 0 Å². The summed E-state index contributed by atoms with van der Waals surface area (Å²) in [5.74, 6) is 0.681. The first-order valence-electron chi connectivity index (χ1n) is 7.41. The molecule has 1 fully saturated rings. The van der Waals surface area contributed by atoms with Gasteiger partial charge in [-0.3, -0.25) is 0 Å². The molecule has 2 rings (SSSR count). The summed E-state index contributed by atoms with van der Waals surface area (Å²) in [5, 5.41) is 9.18.